The second-order valence-corrected chi connectivity index (χ2v) is 4.50. The fourth-order valence-electron chi connectivity index (χ4n) is 1.29. The van der Waals surface area contributed by atoms with Gasteiger partial charge in [-0.05, 0) is 41.4 Å². The van der Waals surface area contributed by atoms with Gasteiger partial charge in [-0.25, -0.2) is 0 Å². The summed E-state index contributed by atoms with van der Waals surface area (Å²) < 4.78 is 11.7. The van der Waals surface area contributed by atoms with Crippen molar-refractivity contribution >= 4 is 33.8 Å². The maximum atomic E-state index is 10.8. The molecule has 0 aliphatic heterocycles. The molecule has 0 aromatic heterocycles. The average Bonchev–Trinajstić information content (AvgIpc) is 2.32. The predicted molar refractivity (Wildman–Crippen MR) is 71.5 cm³/mol. The lowest BCUT2D eigenvalue weighted by atomic mass is 10.2. The summed E-state index contributed by atoms with van der Waals surface area (Å²) >= 11 is 8.95. The third-order valence-electron chi connectivity index (χ3n) is 1.99. The van der Waals surface area contributed by atoms with Crippen LogP contribution in [0.25, 0.3) is 0 Å². The van der Waals surface area contributed by atoms with Crippen LogP contribution in [-0.4, -0.2) is 25.4 Å². The number of halogens is 2. The largest absolute Gasteiger partial charge is 0.490 e. The highest BCUT2D eigenvalue weighted by Crippen LogP contribution is 2.36. The summed E-state index contributed by atoms with van der Waals surface area (Å²) in [5.41, 5.74) is 0.546. The van der Waals surface area contributed by atoms with Crippen LogP contribution in [0.2, 0.25) is 0 Å². The van der Waals surface area contributed by atoms with E-state index in [1.165, 1.54) is 0 Å². The summed E-state index contributed by atoms with van der Waals surface area (Å²) in [4.78, 5) is 10.8. The molecule has 0 fully saturated rings. The zero-order valence-corrected chi connectivity index (χ0v) is 11.9. The number of carbonyl (C=O) groups excluding carboxylic acids is 1. The molecule has 0 atom stereocenters. The molecule has 0 aliphatic carbocycles. The van der Waals surface area contributed by atoms with Gasteiger partial charge in [0.15, 0.2) is 11.5 Å². The Morgan fingerprint density at radius 2 is 2.18 bits per heavy atom. The lowest BCUT2D eigenvalue weighted by Gasteiger charge is -2.13. The minimum Gasteiger partial charge on any atom is -0.490 e. The van der Waals surface area contributed by atoms with Crippen LogP contribution in [0.1, 0.15) is 23.7 Å². The third-order valence-corrected chi connectivity index (χ3v) is 2.85. The van der Waals surface area contributed by atoms with Crippen LogP contribution in [0, 0.1) is 0 Å². The maximum absolute atomic E-state index is 10.8. The quantitative estimate of drug-likeness (QED) is 0.437. The fourth-order valence-corrected chi connectivity index (χ4v) is 1.97. The van der Waals surface area contributed by atoms with Gasteiger partial charge in [0, 0.05) is 11.4 Å². The predicted octanol–water partition coefficient (Wildman–Crippen LogP) is 3.67. The standard InChI is InChI=1S/C12H14BrClO3/c1-2-16-11-7-9(8-15)6-10(13)12(11)17-5-3-4-14/h6-8H,2-5H2,1H3. The summed E-state index contributed by atoms with van der Waals surface area (Å²) in [6.45, 7) is 2.91. The van der Waals surface area contributed by atoms with Crippen molar-refractivity contribution in [1.82, 2.24) is 0 Å². The second kappa shape index (κ2) is 7.56. The van der Waals surface area contributed by atoms with Crippen LogP contribution in [0.5, 0.6) is 11.5 Å². The number of hydrogen-bond acceptors (Lipinski definition) is 3. The van der Waals surface area contributed by atoms with Gasteiger partial charge >= 0.3 is 0 Å². The Morgan fingerprint density at radius 3 is 2.76 bits per heavy atom. The number of benzene rings is 1. The molecule has 17 heavy (non-hydrogen) atoms. The molecule has 0 radical (unpaired) electrons. The molecule has 1 aromatic carbocycles. The van der Waals surface area contributed by atoms with Crippen molar-refractivity contribution in [3.63, 3.8) is 0 Å². The van der Waals surface area contributed by atoms with E-state index in [0.717, 1.165) is 12.7 Å². The van der Waals surface area contributed by atoms with Gasteiger partial charge in [-0.2, -0.15) is 0 Å². The molecule has 1 aromatic rings. The summed E-state index contributed by atoms with van der Waals surface area (Å²) in [6.07, 6.45) is 1.53. The number of hydrogen-bond donors (Lipinski definition) is 0. The molecule has 0 heterocycles. The molecular formula is C12H14BrClO3. The first-order valence-electron chi connectivity index (χ1n) is 5.33. The van der Waals surface area contributed by atoms with E-state index in [9.17, 15) is 4.79 Å². The van der Waals surface area contributed by atoms with Crippen LogP contribution in [0.15, 0.2) is 16.6 Å². The van der Waals surface area contributed by atoms with Gasteiger partial charge < -0.3 is 9.47 Å². The highest BCUT2D eigenvalue weighted by Gasteiger charge is 2.11. The van der Waals surface area contributed by atoms with E-state index >= 15 is 0 Å². The molecule has 0 amide bonds. The summed E-state index contributed by atoms with van der Waals surface area (Å²) in [7, 11) is 0. The van der Waals surface area contributed by atoms with Crippen LogP contribution in [0.4, 0.5) is 0 Å². The molecule has 0 unspecified atom stereocenters. The first-order valence-corrected chi connectivity index (χ1v) is 6.66. The van der Waals surface area contributed by atoms with Crippen LogP contribution >= 0.6 is 27.5 Å². The molecule has 94 valence electrons. The molecule has 0 spiro atoms. The zero-order chi connectivity index (χ0) is 12.7. The fraction of sp³-hybridized carbons (Fsp3) is 0.417. The van der Waals surface area contributed by atoms with E-state index < -0.39 is 0 Å². The molecular weight excluding hydrogens is 307 g/mol. The molecule has 0 saturated heterocycles. The zero-order valence-electron chi connectivity index (χ0n) is 9.54. The monoisotopic (exact) mass is 320 g/mol. The van der Waals surface area contributed by atoms with Crippen molar-refractivity contribution in [2.75, 3.05) is 19.1 Å². The van der Waals surface area contributed by atoms with Gasteiger partial charge in [0.1, 0.15) is 6.29 Å². The number of carbonyl (C=O) groups is 1. The first kappa shape index (κ1) is 14.3. The van der Waals surface area contributed by atoms with Crippen molar-refractivity contribution < 1.29 is 14.3 Å². The molecule has 5 heteroatoms. The summed E-state index contributed by atoms with van der Waals surface area (Å²) in [5.74, 6) is 1.73. The van der Waals surface area contributed by atoms with E-state index in [2.05, 4.69) is 15.9 Å². The van der Waals surface area contributed by atoms with Gasteiger partial charge in [0.25, 0.3) is 0 Å². The number of ether oxygens (including phenoxy) is 2. The van der Waals surface area contributed by atoms with Crippen LogP contribution in [-0.2, 0) is 0 Å². The Hall–Kier alpha value is -0.740. The van der Waals surface area contributed by atoms with E-state index in [0.29, 0.717) is 40.6 Å². The smallest absolute Gasteiger partial charge is 0.175 e. The van der Waals surface area contributed by atoms with Crippen molar-refractivity contribution in [2.45, 2.75) is 13.3 Å². The number of rotatable bonds is 7. The summed E-state index contributed by atoms with van der Waals surface area (Å²) in [5, 5.41) is 0. The second-order valence-electron chi connectivity index (χ2n) is 3.27. The molecule has 0 bridgehead atoms. The highest BCUT2D eigenvalue weighted by atomic mass is 79.9. The Morgan fingerprint density at radius 1 is 1.41 bits per heavy atom. The highest BCUT2D eigenvalue weighted by molar-refractivity contribution is 9.10. The van der Waals surface area contributed by atoms with E-state index in [1.807, 2.05) is 6.92 Å². The Kier molecular flexibility index (Phi) is 6.37. The van der Waals surface area contributed by atoms with Gasteiger partial charge in [0.2, 0.25) is 0 Å². The van der Waals surface area contributed by atoms with Crippen LogP contribution < -0.4 is 9.47 Å². The van der Waals surface area contributed by atoms with Crippen molar-refractivity contribution in [2.24, 2.45) is 0 Å². The van der Waals surface area contributed by atoms with E-state index in [4.69, 9.17) is 21.1 Å². The van der Waals surface area contributed by atoms with Gasteiger partial charge in [-0.3, -0.25) is 4.79 Å². The van der Waals surface area contributed by atoms with E-state index in [-0.39, 0.29) is 0 Å². The summed E-state index contributed by atoms with van der Waals surface area (Å²) in [6, 6.07) is 3.36. The Bertz CT molecular complexity index is 382. The van der Waals surface area contributed by atoms with E-state index in [1.54, 1.807) is 12.1 Å². The molecule has 0 N–H and O–H groups in total. The average molecular weight is 322 g/mol. The molecule has 3 nitrogen and oxygen atoms in total. The molecule has 0 aliphatic rings. The minimum atomic E-state index is 0.515. The van der Waals surface area contributed by atoms with Gasteiger partial charge in [-0.1, -0.05) is 0 Å². The first-order chi connectivity index (χ1) is 8.22. The van der Waals surface area contributed by atoms with Crippen molar-refractivity contribution in [3.05, 3.63) is 22.2 Å². The van der Waals surface area contributed by atoms with Gasteiger partial charge in [0.05, 0.1) is 17.7 Å². The Balaban J connectivity index is 2.94. The number of alkyl halides is 1. The third kappa shape index (κ3) is 4.21. The number of aldehydes is 1. The van der Waals surface area contributed by atoms with Gasteiger partial charge in [-0.15, -0.1) is 11.6 Å². The van der Waals surface area contributed by atoms with Crippen LogP contribution in [0.3, 0.4) is 0 Å². The Labute approximate surface area is 114 Å². The van der Waals surface area contributed by atoms with Crippen molar-refractivity contribution in [1.29, 1.82) is 0 Å². The maximum Gasteiger partial charge on any atom is 0.175 e. The molecule has 1 rings (SSSR count). The lowest BCUT2D eigenvalue weighted by molar-refractivity contribution is 0.112. The normalized spacial score (nSPS) is 10.1. The SMILES string of the molecule is CCOc1cc(C=O)cc(Br)c1OCCCCl. The topological polar surface area (TPSA) is 35.5 Å². The lowest BCUT2D eigenvalue weighted by Crippen LogP contribution is -2.03. The van der Waals surface area contributed by atoms with Crippen molar-refractivity contribution in [3.8, 4) is 11.5 Å². The minimum absolute atomic E-state index is 0.515. The molecule has 0 saturated carbocycles.